The van der Waals surface area contributed by atoms with Crippen molar-refractivity contribution < 1.29 is 18.7 Å². The molecule has 1 N–H and O–H groups in total. The third-order valence-corrected chi connectivity index (χ3v) is 3.07. The Kier molecular flexibility index (Phi) is 4.42. The maximum Gasteiger partial charge on any atom is 0.255 e. The van der Waals surface area contributed by atoms with Crippen molar-refractivity contribution in [3.05, 3.63) is 53.3 Å². The molecule has 0 heterocycles. The van der Waals surface area contributed by atoms with Gasteiger partial charge >= 0.3 is 0 Å². The van der Waals surface area contributed by atoms with Gasteiger partial charge in [-0.2, -0.15) is 0 Å². The minimum Gasteiger partial charge on any atom is -0.493 e. The molecule has 4 nitrogen and oxygen atoms in total. The van der Waals surface area contributed by atoms with Crippen molar-refractivity contribution >= 4 is 11.6 Å². The number of halogens is 1. The highest BCUT2D eigenvalue weighted by molar-refractivity contribution is 6.04. The molecule has 0 aromatic heterocycles. The molecule has 0 atom stereocenters. The Morgan fingerprint density at radius 3 is 2.38 bits per heavy atom. The molecule has 0 aliphatic carbocycles. The van der Waals surface area contributed by atoms with Gasteiger partial charge < -0.3 is 14.8 Å². The lowest BCUT2D eigenvalue weighted by Gasteiger charge is -2.13. The van der Waals surface area contributed by atoms with Crippen LogP contribution in [0.3, 0.4) is 0 Å². The Morgan fingerprint density at radius 1 is 1.10 bits per heavy atom. The molecule has 0 radical (unpaired) electrons. The third kappa shape index (κ3) is 3.31. The van der Waals surface area contributed by atoms with Gasteiger partial charge in [-0.1, -0.05) is 6.07 Å². The number of carbonyl (C=O) groups is 1. The maximum atomic E-state index is 13.1. The van der Waals surface area contributed by atoms with Crippen LogP contribution in [-0.2, 0) is 0 Å². The number of ether oxygens (including phenoxy) is 2. The highest BCUT2D eigenvalue weighted by Gasteiger charge is 2.12. The second-order valence-electron chi connectivity index (χ2n) is 4.49. The van der Waals surface area contributed by atoms with Crippen molar-refractivity contribution in [3.8, 4) is 11.5 Å². The highest BCUT2D eigenvalue weighted by Crippen LogP contribution is 2.33. The van der Waals surface area contributed by atoms with Gasteiger partial charge in [-0.25, -0.2) is 4.39 Å². The minimum absolute atomic E-state index is 0.254. The molecule has 0 fully saturated rings. The van der Waals surface area contributed by atoms with Gasteiger partial charge in [-0.05, 0) is 36.8 Å². The summed E-state index contributed by atoms with van der Waals surface area (Å²) in [6.07, 6.45) is 0. The van der Waals surface area contributed by atoms with E-state index in [1.54, 1.807) is 25.3 Å². The summed E-state index contributed by atoms with van der Waals surface area (Å²) in [7, 11) is 3.06. The van der Waals surface area contributed by atoms with E-state index in [1.165, 1.54) is 25.3 Å². The summed E-state index contributed by atoms with van der Waals surface area (Å²) in [5.41, 5.74) is 1.66. The Hall–Kier alpha value is -2.56. The number of methoxy groups -OCH3 is 2. The van der Waals surface area contributed by atoms with Crippen LogP contribution >= 0.6 is 0 Å². The van der Waals surface area contributed by atoms with Crippen molar-refractivity contribution in [2.45, 2.75) is 6.92 Å². The minimum atomic E-state index is -0.452. The van der Waals surface area contributed by atoms with Crippen LogP contribution in [0.4, 0.5) is 10.1 Å². The Bertz CT molecular complexity index is 671. The fourth-order valence-corrected chi connectivity index (χ4v) is 1.94. The van der Waals surface area contributed by atoms with Crippen LogP contribution in [0.2, 0.25) is 0 Å². The van der Waals surface area contributed by atoms with E-state index >= 15 is 0 Å². The zero-order chi connectivity index (χ0) is 15.4. The van der Waals surface area contributed by atoms with E-state index < -0.39 is 5.82 Å². The van der Waals surface area contributed by atoms with E-state index in [4.69, 9.17) is 9.47 Å². The lowest BCUT2D eigenvalue weighted by atomic mass is 10.1. The Labute approximate surface area is 122 Å². The number of anilines is 1. The second-order valence-corrected chi connectivity index (χ2v) is 4.49. The van der Waals surface area contributed by atoms with Crippen LogP contribution in [0.1, 0.15) is 15.9 Å². The van der Waals surface area contributed by atoms with Crippen LogP contribution in [0.15, 0.2) is 36.4 Å². The van der Waals surface area contributed by atoms with Gasteiger partial charge in [0, 0.05) is 17.3 Å². The SMILES string of the molecule is COc1cc(C)c(NC(=O)c2cccc(F)c2)cc1OC. The molecule has 110 valence electrons. The van der Waals surface area contributed by atoms with E-state index in [9.17, 15) is 9.18 Å². The number of hydrogen-bond acceptors (Lipinski definition) is 3. The van der Waals surface area contributed by atoms with Crippen molar-refractivity contribution in [1.82, 2.24) is 0 Å². The van der Waals surface area contributed by atoms with Crippen LogP contribution in [0.5, 0.6) is 11.5 Å². The standard InChI is InChI=1S/C16H16FNO3/c1-10-7-14(20-2)15(21-3)9-13(10)18-16(19)11-5-4-6-12(17)8-11/h4-9H,1-3H3,(H,18,19). The van der Waals surface area contributed by atoms with Crippen LogP contribution in [0.25, 0.3) is 0 Å². The summed E-state index contributed by atoms with van der Waals surface area (Å²) < 4.78 is 23.5. The summed E-state index contributed by atoms with van der Waals surface area (Å²) in [5, 5.41) is 2.74. The van der Waals surface area contributed by atoms with Crippen LogP contribution in [0, 0.1) is 12.7 Å². The molecular weight excluding hydrogens is 273 g/mol. The third-order valence-electron chi connectivity index (χ3n) is 3.07. The molecule has 21 heavy (non-hydrogen) atoms. The Morgan fingerprint density at radius 2 is 1.76 bits per heavy atom. The Balaban J connectivity index is 2.29. The average Bonchev–Trinajstić information content (AvgIpc) is 2.48. The first-order valence-corrected chi connectivity index (χ1v) is 6.34. The van der Waals surface area contributed by atoms with Crippen LogP contribution < -0.4 is 14.8 Å². The zero-order valence-corrected chi connectivity index (χ0v) is 12.1. The van der Waals surface area contributed by atoms with Crippen LogP contribution in [-0.4, -0.2) is 20.1 Å². The normalized spacial score (nSPS) is 10.1. The number of nitrogens with one attached hydrogen (secondary N) is 1. The molecule has 0 spiro atoms. The fourth-order valence-electron chi connectivity index (χ4n) is 1.94. The van der Waals surface area contributed by atoms with E-state index in [1.807, 2.05) is 6.92 Å². The molecule has 0 unspecified atom stereocenters. The molecule has 0 saturated carbocycles. The molecule has 0 bridgehead atoms. The molecule has 2 aromatic carbocycles. The first kappa shape index (κ1) is 14.8. The van der Waals surface area contributed by atoms with E-state index in [2.05, 4.69) is 5.32 Å². The molecule has 2 rings (SSSR count). The summed E-state index contributed by atoms with van der Waals surface area (Å²) in [6, 6.07) is 8.95. The molecule has 2 aromatic rings. The zero-order valence-electron chi connectivity index (χ0n) is 12.1. The number of benzene rings is 2. The summed E-state index contributed by atoms with van der Waals surface area (Å²) in [6.45, 7) is 1.84. The van der Waals surface area contributed by atoms with Gasteiger partial charge in [0.05, 0.1) is 14.2 Å². The molecule has 0 saturated heterocycles. The first-order chi connectivity index (χ1) is 10.0. The molecule has 1 amide bonds. The number of carbonyl (C=O) groups excluding carboxylic acids is 1. The molecule has 0 aliphatic rings. The monoisotopic (exact) mass is 289 g/mol. The number of rotatable bonds is 4. The highest BCUT2D eigenvalue weighted by atomic mass is 19.1. The van der Waals surface area contributed by atoms with Crippen molar-refractivity contribution in [1.29, 1.82) is 0 Å². The quantitative estimate of drug-likeness (QED) is 0.938. The van der Waals surface area contributed by atoms with Gasteiger partial charge in [0.25, 0.3) is 5.91 Å². The van der Waals surface area contributed by atoms with Gasteiger partial charge in [0.1, 0.15) is 5.82 Å². The van der Waals surface area contributed by atoms with Gasteiger partial charge in [0.15, 0.2) is 11.5 Å². The maximum absolute atomic E-state index is 13.1. The second kappa shape index (κ2) is 6.26. The van der Waals surface area contributed by atoms with Gasteiger partial charge in [-0.3, -0.25) is 4.79 Å². The van der Waals surface area contributed by atoms with E-state index in [0.29, 0.717) is 17.2 Å². The lowest BCUT2D eigenvalue weighted by Crippen LogP contribution is -2.13. The fraction of sp³-hybridized carbons (Fsp3) is 0.188. The van der Waals surface area contributed by atoms with Crippen molar-refractivity contribution in [2.75, 3.05) is 19.5 Å². The van der Waals surface area contributed by atoms with Crippen molar-refractivity contribution in [2.24, 2.45) is 0 Å². The number of hydrogen-bond donors (Lipinski definition) is 1. The van der Waals surface area contributed by atoms with Gasteiger partial charge in [-0.15, -0.1) is 0 Å². The van der Waals surface area contributed by atoms with E-state index in [0.717, 1.165) is 5.56 Å². The van der Waals surface area contributed by atoms with Gasteiger partial charge in [0.2, 0.25) is 0 Å². The predicted molar refractivity (Wildman–Crippen MR) is 78.6 cm³/mol. The first-order valence-electron chi connectivity index (χ1n) is 6.34. The summed E-state index contributed by atoms with van der Waals surface area (Å²) in [5.74, 6) is 0.257. The number of aryl methyl sites for hydroxylation is 1. The predicted octanol–water partition coefficient (Wildman–Crippen LogP) is 3.40. The average molecular weight is 289 g/mol. The molecule has 5 heteroatoms. The molecule has 0 aliphatic heterocycles. The largest absolute Gasteiger partial charge is 0.493 e. The topological polar surface area (TPSA) is 47.6 Å². The molecular formula is C16H16FNO3. The smallest absolute Gasteiger partial charge is 0.255 e. The summed E-state index contributed by atoms with van der Waals surface area (Å²) >= 11 is 0. The van der Waals surface area contributed by atoms with Crippen molar-refractivity contribution in [3.63, 3.8) is 0 Å². The lowest BCUT2D eigenvalue weighted by molar-refractivity contribution is 0.102. The van der Waals surface area contributed by atoms with E-state index in [-0.39, 0.29) is 11.5 Å². The summed E-state index contributed by atoms with van der Waals surface area (Å²) in [4.78, 5) is 12.1. The number of amides is 1.